The van der Waals surface area contributed by atoms with E-state index in [1.165, 1.54) is 17.4 Å². The second kappa shape index (κ2) is 11.7. The molecule has 0 unspecified atom stereocenters. The molecule has 1 atom stereocenters. The van der Waals surface area contributed by atoms with Crippen LogP contribution in [0.25, 0.3) is 10.4 Å². The first-order chi connectivity index (χ1) is 21.5. The number of carbonyl (C=O) groups is 2. The van der Waals surface area contributed by atoms with Gasteiger partial charge in [0.15, 0.2) is 0 Å². The number of hydrogen-bond acceptors (Lipinski definition) is 6. The molecule has 3 aromatic heterocycles. The van der Waals surface area contributed by atoms with Crippen LogP contribution >= 0.6 is 11.3 Å². The molecule has 44 heavy (non-hydrogen) atoms. The Labute approximate surface area is 259 Å². The van der Waals surface area contributed by atoms with Gasteiger partial charge in [0.25, 0.3) is 11.8 Å². The molecule has 2 aliphatic rings. The highest BCUT2D eigenvalue weighted by Crippen LogP contribution is 2.42. The fraction of sp³-hybridized carbons (Fsp3) is 0.200. The summed E-state index contributed by atoms with van der Waals surface area (Å²) in [5, 5.41) is 2.75. The van der Waals surface area contributed by atoms with Crippen LogP contribution in [-0.4, -0.2) is 34.9 Å². The maximum Gasteiger partial charge on any atom is 0.276 e. The molecule has 5 heterocycles. The van der Waals surface area contributed by atoms with Crippen molar-refractivity contribution in [1.82, 2.24) is 9.97 Å². The molecule has 2 amide bonds. The maximum atomic E-state index is 14.4. The predicted molar refractivity (Wildman–Crippen MR) is 172 cm³/mol. The molecule has 1 N–H and O–H groups in total. The lowest BCUT2D eigenvalue weighted by Gasteiger charge is -2.26. The average Bonchev–Trinajstić information content (AvgIpc) is 3.69. The zero-order valence-electron chi connectivity index (χ0n) is 24.2. The van der Waals surface area contributed by atoms with Gasteiger partial charge in [0, 0.05) is 29.7 Å². The lowest BCUT2D eigenvalue weighted by atomic mass is 10.1. The monoisotopic (exact) mass is 603 g/mol. The van der Waals surface area contributed by atoms with Gasteiger partial charge in [0.05, 0.1) is 28.0 Å². The molecular formula is C35H30FN5O2S. The molecule has 9 heteroatoms. The molecule has 0 saturated carbocycles. The van der Waals surface area contributed by atoms with Gasteiger partial charge in [-0.1, -0.05) is 42.5 Å². The van der Waals surface area contributed by atoms with Crippen molar-refractivity contribution in [2.45, 2.75) is 32.2 Å². The van der Waals surface area contributed by atoms with Crippen molar-refractivity contribution in [3.8, 4) is 10.4 Å². The fourth-order valence-electron chi connectivity index (χ4n) is 6.15. The van der Waals surface area contributed by atoms with E-state index in [1.54, 1.807) is 30.0 Å². The topological polar surface area (TPSA) is 78.4 Å². The largest absolute Gasteiger partial charge is 0.348 e. The van der Waals surface area contributed by atoms with E-state index in [1.807, 2.05) is 66.9 Å². The second-order valence-electron chi connectivity index (χ2n) is 11.1. The molecule has 0 bridgehead atoms. The van der Waals surface area contributed by atoms with Gasteiger partial charge in [-0.25, -0.2) is 9.37 Å². The number of pyridine rings is 2. The van der Waals surface area contributed by atoms with Crippen molar-refractivity contribution in [3.05, 3.63) is 124 Å². The van der Waals surface area contributed by atoms with Crippen LogP contribution in [-0.2, 0) is 6.42 Å². The summed E-state index contributed by atoms with van der Waals surface area (Å²) in [6.07, 6.45) is 4.39. The summed E-state index contributed by atoms with van der Waals surface area (Å²) in [5.41, 5.74) is 4.87. The summed E-state index contributed by atoms with van der Waals surface area (Å²) in [7, 11) is 0. The number of halogens is 1. The van der Waals surface area contributed by atoms with E-state index in [0.717, 1.165) is 52.6 Å². The highest BCUT2D eigenvalue weighted by atomic mass is 32.1. The van der Waals surface area contributed by atoms with Crippen molar-refractivity contribution >= 4 is 40.3 Å². The van der Waals surface area contributed by atoms with Crippen molar-refractivity contribution in [2.24, 2.45) is 0 Å². The number of benzene rings is 2. The molecule has 2 aliphatic heterocycles. The Morgan fingerprint density at radius 1 is 0.977 bits per heavy atom. The third-order valence-corrected chi connectivity index (χ3v) is 9.52. The first-order valence-electron chi connectivity index (χ1n) is 14.7. The Morgan fingerprint density at radius 2 is 1.82 bits per heavy atom. The van der Waals surface area contributed by atoms with Gasteiger partial charge >= 0.3 is 0 Å². The number of fused-ring (bicyclic) bond motifs is 3. The summed E-state index contributed by atoms with van der Waals surface area (Å²) >= 11 is 1.36. The summed E-state index contributed by atoms with van der Waals surface area (Å²) in [6.45, 7) is 3.04. The van der Waals surface area contributed by atoms with E-state index in [2.05, 4.69) is 15.2 Å². The molecule has 7 nitrogen and oxygen atoms in total. The summed E-state index contributed by atoms with van der Waals surface area (Å²) in [4.78, 5) is 42.2. The molecule has 0 radical (unpaired) electrons. The van der Waals surface area contributed by atoms with Crippen molar-refractivity contribution in [2.75, 3.05) is 28.2 Å². The van der Waals surface area contributed by atoms with Gasteiger partial charge in [0.2, 0.25) is 0 Å². The van der Waals surface area contributed by atoms with Crippen LogP contribution in [0.5, 0.6) is 0 Å². The van der Waals surface area contributed by atoms with Gasteiger partial charge < -0.3 is 15.1 Å². The Bertz CT molecular complexity index is 1850. The van der Waals surface area contributed by atoms with Gasteiger partial charge in [0.1, 0.15) is 17.3 Å². The predicted octanol–water partition coefficient (Wildman–Crippen LogP) is 7.45. The van der Waals surface area contributed by atoms with Crippen molar-refractivity contribution in [1.29, 1.82) is 0 Å². The first-order valence-corrected chi connectivity index (χ1v) is 15.5. The van der Waals surface area contributed by atoms with E-state index in [9.17, 15) is 14.0 Å². The van der Waals surface area contributed by atoms with E-state index in [4.69, 9.17) is 4.98 Å². The number of carbonyl (C=O) groups excluding carboxylic acids is 2. The molecule has 7 rings (SSSR count). The molecular weight excluding hydrogens is 573 g/mol. The third-order valence-electron chi connectivity index (χ3n) is 8.31. The summed E-state index contributed by atoms with van der Waals surface area (Å²) < 4.78 is 14.4. The molecule has 220 valence electrons. The zero-order valence-corrected chi connectivity index (χ0v) is 25.0. The zero-order chi connectivity index (χ0) is 30.2. The number of para-hydroxylation sites is 2. The van der Waals surface area contributed by atoms with Crippen molar-refractivity contribution < 1.29 is 14.0 Å². The Hall–Kier alpha value is -4.89. The number of rotatable bonds is 5. The van der Waals surface area contributed by atoms with Crippen LogP contribution in [0, 0.1) is 12.7 Å². The lowest BCUT2D eigenvalue weighted by Crippen LogP contribution is -2.33. The summed E-state index contributed by atoms with van der Waals surface area (Å²) in [6, 6.07) is 26.1. The number of thiophene rings is 1. The Kier molecular flexibility index (Phi) is 7.39. The fourth-order valence-corrected chi connectivity index (χ4v) is 7.29. The van der Waals surface area contributed by atoms with E-state index >= 15 is 0 Å². The van der Waals surface area contributed by atoms with E-state index in [-0.39, 0.29) is 23.5 Å². The minimum absolute atomic E-state index is 0.123. The lowest BCUT2D eigenvalue weighted by molar-refractivity contribution is 0.0981. The van der Waals surface area contributed by atoms with E-state index < -0.39 is 5.82 Å². The van der Waals surface area contributed by atoms with Crippen LogP contribution in [0.15, 0.2) is 91.1 Å². The minimum atomic E-state index is -0.467. The molecule has 0 aliphatic carbocycles. The number of aromatic nitrogens is 2. The van der Waals surface area contributed by atoms with Crippen LogP contribution < -0.4 is 15.1 Å². The van der Waals surface area contributed by atoms with Gasteiger partial charge in [-0.2, -0.15) is 0 Å². The number of nitrogens with one attached hydrogen (secondary N) is 1. The smallest absolute Gasteiger partial charge is 0.276 e. The molecule has 1 saturated heterocycles. The third kappa shape index (κ3) is 5.13. The first kappa shape index (κ1) is 27.9. The second-order valence-corrected chi connectivity index (χ2v) is 12.1. The number of aryl methyl sites for hydroxylation is 1. The summed E-state index contributed by atoms with van der Waals surface area (Å²) in [5.74, 6) is -0.220. The Morgan fingerprint density at radius 3 is 2.66 bits per heavy atom. The number of hydrogen-bond donors (Lipinski definition) is 1. The SMILES string of the molecule is Cc1cccc(F)c1NC(=O)c1cc2c(s1)-c1ccccc1N(C(=O)c1cccc(N3CCC[C@H]3c3ccccn3)n1)CC2. The van der Waals surface area contributed by atoms with Crippen LogP contribution in [0.2, 0.25) is 0 Å². The highest BCUT2D eigenvalue weighted by molar-refractivity contribution is 7.17. The highest BCUT2D eigenvalue weighted by Gasteiger charge is 2.31. The van der Waals surface area contributed by atoms with Crippen molar-refractivity contribution in [3.63, 3.8) is 0 Å². The van der Waals surface area contributed by atoms with Gasteiger partial charge in [-0.15, -0.1) is 11.3 Å². The number of anilines is 3. The normalized spacial score (nSPS) is 15.8. The molecule has 2 aromatic carbocycles. The van der Waals surface area contributed by atoms with Crippen LogP contribution in [0.1, 0.15) is 55.9 Å². The number of amides is 2. The van der Waals surface area contributed by atoms with Gasteiger partial charge in [-0.3, -0.25) is 14.6 Å². The quantitative estimate of drug-likeness (QED) is 0.226. The molecule has 1 fully saturated rings. The van der Waals surface area contributed by atoms with Gasteiger partial charge in [-0.05, 0) is 79.8 Å². The standard InChI is InChI=1S/C35H30FN5O2S/c1-22-9-6-11-25(36)32(22)39-34(42)30-21-23-17-20-41(28-14-3-2-10-24(28)33(23)44-30)35(43)27-13-7-16-31(38-27)40-19-8-15-29(40)26-12-4-5-18-37-26/h2-7,9-14,16,18,21,29H,8,15,17,19-20H2,1H3,(H,39,42)/t29-/m0/s1. The average molecular weight is 604 g/mol. The molecule has 5 aromatic rings. The Balaban J connectivity index is 1.17. The minimum Gasteiger partial charge on any atom is -0.348 e. The number of nitrogens with zero attached hydrogens (tertiary/aromatic N) is 4. The maximum absolute atomic E-state index is 14.4. The molecule has 0 spiro atoms. The van der Waals surface area contributed by atoms with Crippen LogP contribution in [0.3, 0.4) is 0 Å². The van der Waals surface area contributed by atoms with E-state index in [0.29, 0.717) is 29.1 Å². The van der Waals surface area contributed by atoms with Crippen LogP contribution in [0.4, 0.5) is 21.6 Å².